The molecule has 15 atom stereocenters. The van der Waals surface area contributed by atoms with E-state index >= 15 is 0 Å². The third-order valence-corrected chi connectivity index (χ3v) is 14.4. The Labute approximate surface area is 320 Å². The lowest BCUT2D eigenvalue weighted by atomic mass is 9.57. The minimum Gasteiger partial charge on any atom is -0.396 e. The second kappa shape index (κ2) is 15.8. The van der Waals surface area contributed by atoms with E-state index in [1.165, 1.54) is 0 Å². The van der Waals surface area contributed by atoms with Crippen LogP contribution in [0.1, 0.15) is 118 Å². The lowest BCUT2D eigenvalue weighted by molar-refractivity contribution is -0.403. The molecule has 5 fully saturated rings. The van der Waals surface area contributed by atoms with Gasteiger partial charge < -0.3 is 53.6 Å². The fourth-order valence-electron chi connectivity index (χ4n) is 11.1. The molecule has 7 aliphatic rings. The molecule has 5 saturated heterocycles. The zero-order valence-corrected chi connectivity index (χ0v) is 33.1. The number of ketones is 1. The molecule has 0 aromatic rings. The monoisotopic (exact) mass is 762 g/mol. The summed E-state index contributed by atoms with van der Waals surface area (Å²) in [7, 11) is 1.59. The van der Waals surface area contributed by atoms with Crippen molar-refractivity contribution in [2.24, 2.45) is 29.1 Å². The van der Waals surface area contributed by atoms with Crippen LogP contribution >= 0.6 is 0 Å². The van der Waals surface area contributed by atoms with Gasteiger partial charge >= 0.3 is 0 Å². The molecule has 12 heteroatoms. The molecule has 0 unspecified atom stereocenters. The Balaban J connectivity index is 1.30. The van der Waals surface area contributed by atoms with Crippen molar-refractivity contribution in [2.45, 2.75) is 177 Å². The Hall–Kier alpha value is -1.29. The summed E-state index contributed by atoms with van der Waals surface area (Å²) in [6.07, 6.45) is 9.39. The zero-order chi connectivity index (χ0) is 38.5. The first-order chi connectivity index (χ1) is 25.7. The molecule has 7 bridgehead atoms. The number of hydrogen-bond acceptors (Lipinski definition) is 12. The molecule has 0 amide bonds. The van der Waals surface area contributed by atoms with Crippen LogP contribution in [0.4, 0.5) is 0 Å². The van der Waals surface area contributed by atoms with Crippen molar-refractivity contribution in [2.75, 3.05) is 27.1 Å². The first-order valence-electron chi connectivity index (χ1n) is 20.7. The van der Waals surface area contributed by atoms with Gasteiger partial charge in [0.1, 0.15) is 18.5 Å². The molecule has 0 radical (unpaired) electrons. The maximum atomic E-state index is 13.5. The van der Waals surface area contributed by atoms with Crippen molar-refractivity contribution in [3.63, 3.8) is 0 Å². The zero-order valence-electron chi connectivity index (χ0n) is 33.1. The van der Waals surface area contributed by atoms with Crippen LogP contribution in [-0.4, -0.2) is 113 Å². The number of hydrogen-bond donors (Lipinski definition) is 4. The maximum absolute atomic E-state index is 13.5. The number of carbonyl (C=O) groups excluding carboxylic acids is 1. The molecule has 7 rings (SSSR count). The number of methoxy groups -OCH3 is 1. The number of allylic oxidation sites excluding steroid dienone is 1. The largest absolute Gasteiger partial charge is 0.396 e. The average Bonchev–Trinajstić information content (AvgIpc) is 3.65. The van der Waals surface area contributed by atoms with Crippen LogP contribution in [0.2, 0.25) is 0 Å². The van der Waals surface area contributed by atoms with Crippen molar-refractivity contribution < 1.29 is 58.4 Å². The summed E-state index contributed by atoms with van der Waals surface area (Å²) >= 11 is 0. The summed E-state index contributed by atoms with van der Waals surface area (Å²) in [5, 5.41) is 46.2. The third-order valence-electron chi connectivity index (χ3n) is 14.4. The van der Waals surface area contributed by atoms with E-state index in [2.05, 4.69) is 13.0 Å². The molecule has 1 aliphatic carbocycles. The summed E-state index contributed by atoms with van der Waals surface area (Å²) in [6.45, 7) is 8.50. The van der Waals surface area contributed by atoms with E-state index < -0.39 is 58.9 Å². The number of carbonyl (C=O) groups is 1. The highest BCUT2D eigenvalue weighted by atomic mass is 16.8. The molecule has 0 saturated carbocycles. The summed E-state index contributed by atoms with van der Waals surface area (Å²) < 4.78 is 45.5. The molecule has 6 aliphatic heterocycles. The van der Waals surface area contributed by atoms with Crippen LogP contribution in [0.15, 0.2) is 23.8 Å². The van der Waals surface area contributed by atoms with Crippen molar-refractivity contribution >= 4 is 5.78 Å². The van der Waals surface area contributed by atoms with Crippen LogP contribution in [-0.2, 0) is 38.0 Å². The van der Waals surface area contributed by atoms with Gasteiger partial charge in [0.05, 0.1) is 37.1 Å². The standard InChI is InChI=1S/C42H66O12/c1-26(28(3)23-43)20-39-15-11-29(24-49-25-48-5)18-33(39)36-37-35(46)27(2)21-41(52-36,53-37)22-32-9-7-13-40(50-32)16-17-42(54-40)38(4,47)14-12-31(51-42)19-30(44)8-6-10-34(39)45/h6,8,18,26-28,31-37,43,45-47H,7,9-17,19-25H2,1-5H3/b8-6+/t26-,27+,28-,31-,32+,33+,34+,35+,36-,37+,38+,39+,40+,41+,42+/m0/s1. The van der Waals surface area contributed by atoms with Gasteiger partial charge in [-0.15, -0.1) is 0 Å². The van der Waals surface area contributed by atoms with Crippen molar-refractivity contribution in [3.05, 3.63) is 23.8 Å². The number of rotatable bonds is 8. The highest BCUT2D eigenvalue weighted by molar-refractivity contribution is 5.89. The predicted octanol–water partition coefficient (Wildman–Crippen LogP) is 4.84. The third kappa shape index (κ3) is 7.68. The highest BCUT2D eigenvalue weighted by Crippen LogP contribution is 2.58. The van der Waals surface area contributed by atoms with Gasteiger partial charge in [-0.3, -0.25) is 4.79 Å². The molecule has 4 N–H and O–H groups in total. The van der Waals surface area contributed by atoms with Gasteiger partial charge in [0, 0.05) is 63.6 Å². The fourth-order valence-corrected chi connectivity index (χ4v) is 11.1. The van der Waals surface area contributed by atoms with E-state index in [-0.39, 0.29) is 61.8 Å². The minimum atomic E-state index is -1.29. The Kier molecular flexibility index (Phi) is 12.0. The van der Waals surface area contributed by atoms with E-state index in [1.54, 1.807) is 26.2 Å². The van der Waals surface area contributed by atoms with Crippen molar-refractivity contribution in [1.29, 1.82) is 0 Å². The van der Waals surface area contributed by atoms with Crippen LogP contribution in [0.3, 0.4) is 0 Å². The number of ether oxygens (including phenoxy) is 7. The van der Waals surface area contributed by atoms with E-state index in [1.807, 2.05) is 13.8 Å². The van der Waals surface area contributed by atoms with Gasteiger partial charge in [-0.1, -0.05) is 32.9 Å². The van der Waals surface area contributed by atoms with Gasteiger partial charge in [0.15, 0.2) is 17.4 Å². The lowest BCUT2D eigenvalue weighted by Crippen LogP contribution is -2.60. The normalized spacial score (nSPS) is 48.5. The molecule has 6 heterocycles. The Morgan fingerprint density at radius 1 is 0.944 bits per heavy atom. The quantitative estimate of drug-likeness (QED) is 0.152. The molecule has 54 heavy (non-hydrogen) atoms. The van der Waals surface area contributed by atoms with Crippen molar-refractivity contribution in [3.8, 4) is 0 Å². The predicted molar refractivity (Wildman–Crippen MR) is 197 cm³/mol. The maximum Gasteiger partial charge on any atom is 0.200 e. The van der Waals surface area contributed by atoms with Crippen LogP contribution in [0, 0.1) is 29.1 Å². The van der Waals surface area contributed by atoms with Gasteiger partial charge in [0.25, 0.3) is 0 Å². The molecule has 3 spiro atoms. The molecule has 0 aromatic heterocycles. The lowest BCUT2D eigenvalue weighted by Gasteiger charge is -2.50. The Bertz CT molecular complexity index is 1400. The first kappa shape index (κ1) is 40.9. The SMILES string of the molecule is COCOCC1=C[C@@H]2[C@@H]3O[C@]4(C[C@H]5CCC[C@@]6(CC[C@@]7(O[C@@H](CC[C@@]7(C)O)CC(=O)/C=C/C[C@@H](O)[C@@]2(C[C@H](C)[C@@H](C)CO)CC1)O6)O5)C[C@@H](C)[C@@H](O)[C@H]3O4. The van der Waals surface area contributed by atoms with Crippen molar-refractivity contribution in [1.82, 2.24) is 0 Å². The number of fused-ring (bicyclic) bond motifs is 7. The number of aliphatic hydroxyl groups excluding tert-OH is 3. The van der Waals surface area contributed by atoms with Gasteiger partial charge in [-0.2, -0.15) is 0 Å². The molecular formula is C42H66O12. The molecule has 0 aromatic carbocycles. The summed E-state index contributed by atoms with van der Waals surface area (Å²) in [5.41, 5.74) is -0.921. The van der Waals surface area contributed by atoms with E-state index in [4.69, 9.17) is 33.2 Å². The van der Waals surface area contributed by atoms with Gasteiger partial charge in [-0.05, 0) is 87.7 Å². The Morgan fingerprint density at radius 3 is 2.52 bits per heavy atom. The van der Waals surface area contributed by atoms with Crippen LogP contribution < -0.4 is 0 Å². The molecule has 306 valence electrons. The number of aliphatic hydroxyl groups is 4. The summed E-state index contributed by atoms with van der Waals surface area (Å²) in [6, 6.07) is 0. The first-order valence-corrected chi connectivity index (χ1v) is 20.7. The van der Waals surface area contributed by atoms with E-state index in [9.17, 15) is 25.2 Å². The highest BCUT2D eigenvalue weighted by Gasteiger charge is 2.65. The van der Waals surface area contributed by atoms with Gasteiger partial charge in [-0.25, -0.2) is 0 Å². The second-order valence-electron chi connectivity index (χ2n) is 18.4. The second-order valence-corrected chi connectivity index (χ2v) is 18.4. The summed E-state index contributed by atoms with van der Waals surface area (Å²) in [4.78, 5) is 13.5. The minimum absolute atomic E-state index is 0.0125. The Morgan fingerprint density at radius 2 is 1.74 bits per heavy atom. The van der Waals surface area contributed by atoms with E-state index in [0.717, 1.165) is 18.4 Å². The topological polar surface area (TPSA) is 163 Å². The van der Waals surface area contributed by atoms with Crippen LogP contribution in [0.25, 0.3) is 0 Å². The van der Waals surface area contributed by atoms with Crippen LogP contribution in [0.5, 0.6) is 0 Å². The average molecular weight is 763 g/mol. The summed E-state index contributed by atoms with van der Waals surface area (Å²) in [5.74, 6) is -3.83. The molecular weight excluding hydrogens is 696 g/mol. The molecule has 12 nitrogen and oxygen atoms in total. The fraction of sp³-hybridized carbons (Fsp3) is 0.881. The van der Waals surface area contributed by atoms with E-state index in [0.29, 0.717) is 70.8 Å². The van der Waals surface area contributed by atoms with Gasteiger partial charge in [0.2, 0.25) is 5.79 Å². The smallest absolute Gasteiger partial charge is 0.200 e.